The second kappa shape index (κ2) is 7.83. The summed E-state index contributed by atoms with van der Waals surface area (Å²) in [6, 6.07) is 7.57. The Labute approximate surface area is 146 Å². The average molecular weight is 341 g/mol. The highest BCUT2D eigenvalue weighted by Gasteiger charge is 2.27. The Kier molecular flexibility index (Phi) is 5.33. The number of benzene rings is 1. The maximum atomic E-state index is 12.5. The fraction of sp³-hybridized carbons (Fsp3) is 0.389. The standard InChI is InChI=1S/C18H23N5O2/c19-18(25)23-8-3-6-16(12-23)17(24)21-10-14-4-1-2-5-15(14)11-22-9-7-20-13-22/h1-2,4-5,7,9,13,16H,3,6,8,10-12H2,(H2,19,25)(H,21,24)/t16-/m1/s1. The van der Waals surface area contributed by atoms with Crippen molar-refractivity contribution in [1.29, 1.82) is 0 Å². The van der Waals surface area contributed by atoms with Gasteiger partial charge in [0.1, 0.15) is 0 Å². The maximum absolute atomic E-state index is 12.5. The van der Waals surface area contributed by atoms with E-state index in [1.54, 1.807) is 17.4 Å². The van der Waals surface area contributed by atoms with E-state index in [4.69, 9.17) is 5.73 Å². The van der Waals surface area contributed by atoms with Crippen LogP contribution in [0.4, 0.5) is 4.79 Å². The molecule has 3 N–H and O–H groups in total. The Morgan fingerprint density at radius 1 is 1.28 bits per heavy atom. The second-order valence-electron chi connectivity index (χ2n) is 6.34. The molecule has 1 aromatic heterocycles. The number of imidazole rings is 1. The number of nitrogens with zero attached hydrogens (tertiary/aromatic N) is 3. The van der Waals surface area contributed by atoms with Crippen molar-refractivity contribution in [3.05, 3.63) is 54.1 Å². The van der Waals surface area contributed by atoms with Crippen LogP contribution in [0.2, 0.25) is 0 Å². The van der Waals surface area contributed by atoms with Crippen LogP contribution in [0.25, 0.3) is 0 Å². The van der Waals surface area contributed by atoms with Gasteiger partial charge in [-0.05, 0) is 24.0 Å². The summed E-state index contributed by atoms with van der Waals surface area (Å²) in [7, 11) is 0. The number of likely N-dealkylation sites (tertiary alicyclic amines) is 1. The number of hydrogen-bond acceptors (Lipinski definition) is 3. The molecular weight excluding hydrogens is 318 g/mol. The molecule has 3 rings (SSSR count). The summed E-state index contributed by atoms with van der Waals surface area (Å²) >= 11 is 0. The lowest BCUT2D eigenvalue weighted by molar-refractivity contribution is -0.126. The molecule has 0 bridgehead atoms. The molecule has 1 saturated heterocycles. The summed E-state index contributed by atoms with van der Waals surface area (Å²) in [5.74, 6) is -0.217. The summed E-state index contributed by atoms with van der Waals surface area (Å²) in [5, 5.41) is 3.01. The molecule has 0 aliphatic carbocycles. The first-order chi connectivity index (χ1) is 12.1. The van der Waals surface area contributed by atoms with E-state index < -0.39 is 6.03 Å². The van der Waals surface area contributed by atoms with E-state index in [2.05, 4.69) is 16.4 Å². The topological polar surface area (TPSA) is 93.3 Å². The number of urea groups is 1. The largest absolute Gasteiger partial charge is 0.352 e. The maximum Gasteiger partial charge on any atom is 0.314 e. The van der Waals surface area contributed by atoms with Crippen LogP contribution in [0, 0.1) is 5.92 Å². The highest BCUT2D eigenvalue weighted by Crippen LogP contribution is 2.17. The summed E-state index contributed by atoms with van der Waals surface area (Å²) in [5.41, 5.74) is 7.54. The molecule has 0 unspecified atom stereocenters. The Bertz CT molecular complexity index is 729. The van der Waals surface area contributed by atoms with Crippen molar-refractivity contribution >= 4 is 11.9 Å². The first-order valence-electron chi connectivity index (χ1n) is 8.48. The lowest BCUT2D eigenvalue weighted by Gasteiger charge is -2.30. The van der Waals surface area contributed by atoms with Gasteiger partial charge in [-0.1, -0.05) is 24.3 Å². The normalized spacial score (nSPS) is 17.3. The minimum absolute atomic E-state index is 0.0246. The third kappa shape index (κ3) is 4.37. The molecule has 25 heavy (non-hydrogen) atoms. The molecule has 0 saturated carbocycles. The number of aromatic nitrogens is 2. The lowest BCUT2D eigenvalue weighted by atomic mass is 9.97. The molecule has 7 nitrogen and oxygen atoms in total. The highest BCUT2D eigenvalue weighted by molar-refractivity contribution is 5.80. The van der Waals surface area contributed by atoms with Crippen molar-refractivity contribution in [3.63, 3.8) is 0 Å². The van der Waals surface area contributed by atoms with Gasteiger partial charge >= 0.3 is 6.03 Å². The monoisotopic (exact) mass is 341 g/mol. The fourth-order valence-electron chi connectivity index (χ4n) is 3.18. The Hall–Kier alpha value is -2.83. The van der Waals surface area contributed by atoms with E-state index in [1.165, 1.54) is 0 Å². The first-order valence-corrected chi connectivity index (χ1v) is 8.48. The van der Waals surface area contributed by atoms with E-state index in [0.29, 0.717) is 26.2 Å². The second-order valence-corrected chi connectivity index (χ2v) is 6.34. The molecule has 7 heteroatoms. The zero-order valence-electron chi connectivity index (χ0n) is 14.1. The Morgan fingerprint density at radius 3 is 2.80 bits per heavy atom. The predicted molar refractivity (Wildman–Crippen MR) is 93.5 cm³/mol. The average Bonchev–Trinajstić information content (AvgIpc) is 3.14. The minimum Gasteiger partial charge on any atom is -0.352 e. The molecule has 1 atom stereocenters. The van der Waals surface area contributed by atoms with Gasteiger partial charge < -0.3 is 20.5 Å². The summed E-state index contributed by atoms with van der Waals surface area (Å²) in [6.45, 7) is 2.21. The van der Waals surface area contributed by atoms with Gasteiger partial charge in [0.05, 0.1) is 12.2 Å². The third-order valence-corrected chi connectivity index (χ3v) is 4.59. The molecule has 1 aliphatic heterocycles. The number of carbonyl (C=O) groups is 2. The van der Waals surface area contributed by atoms with Crippen LogP contribution in [-0.4, -0.2) is 39.5 Å². The molecule has 0 spiro atoms. The highest BCUT2D eigenvalue weighted by atomic mass is 16.2. The fourth-order valence-corrected chi connectivity index (χ4v) is 3.18. The molecule has 0 radical (unpaired) electrons. The summed E-state index contributed by atoms with van der Waals surface area (Å²) in [6.07, 6.45) is 7.02. The van der Waals surface area contributed by atoms with E-state index in [9.17, 15) is 9.59 Å². The SMILES string of the molecule is NC(=O)N1CCC[C@@H](C(=O)NCc2ccccc2Cn2ccnc2)C1. The van der Waals surface area contributed by atoms with Crippen LogP contribution in [0.3, 0.4) is 0 Å². The van der Waals surface area contributed by atoms with Crippen molar-refractivity contribution in [2.45, 2.75) is 25.9 Å². The van der Waals surface area contributed by atoms with Crippen LogP contribution >= 0.6 is 0 Å². The summed E-state index contributed by atoms with van der Waals surface area (Å²) in [4.78, 5) is 29.4. The Morgan fingerprint density at radius 2 is 2.08 bits per heavy atom. The quantitative estimate of drug-likeness (QED) is 0.859. The first kappa shape index (κ1) is 17.0. The van der Waals surface area contributed by atoms with Gasteiger partial charge in [0.2, 0.25) is 5.91 Å². The summed E-state index contributed by atoms with van der Waals surface area (Å²) < 4.78 is 1.99. The van der Waals surface area contributed by atoms with Crippen LogP contribution in [0.15, 0.2) is 43.0 Å². The van der Waals surface area contributed by atoms with Crippen LogP contribution in [-0.2, 0) is 17.9 Å². The Balaban J connectivity index is 1.59. The van der Waals surface area contributed by atoms with Crippen LogP contribution < -0.4 is 11.1 Å². The van der Waals surface area contributed by atoms with Gasteiger partial charge in [-0.2, -0.15) is 0 Å². The molecule has 3 amide bonds. The smallest absolute Gasteiger partial charge is 0.314 e. The van der Waals surface area contributed by atoms with Gasteiger partial charge in [-0.15, -0.1) is 0 Å². The van der Waals surface area contributed by atoms with Crippen molar-refractivity contribution in [3.8, 4) is 0 Å². The van der Waals surface area contributed by atoms with Gasteiger partial charge in [-0.3, -0.25) is 4.79 Å². The molecule has 2 aromatic rings. The molecule has 132 valence electrons. The van der Waals surface area contributed by atoms with Crippen LogP contribution in [0.1, 0.15) is 24.0 Å². The molecular formula is C18H23N5O2. The number of nitrogens with one attached hydrogen (secondary N) is 1. The number of amides is 3. The zero-order valence-corrected chi connectivity index (χ0v) is 14.1. The number of primary amides is 1. The van der Waals surface area contributed by atoms with Crippen molar-refractivity contribution < 1.29 is 9.59 Å². The molecule has 1 fully saturated rings. The number of nitrogens with two attached hydrogens (primary N) is 1. The van der Waals surface area contributed by atoms with Crippen molar-refractivity contribution in [2.75, 3.05) is 13.1 Å². The van der Waals surface area contributed by atoms with Gasteiger partial charge in [0.25, 0.3) is 0 Å². The van der Waals surface area contributed by atoms with Crippen LogP contribution in [0.5, 0.6) is 0 Å². The minimum atomic E-state index is -0.455. The van der Waals surface area contributed by atoms with Gasteiger partial charge in [0.15, 0.2) is 0 Å². The van der Waals surface area contributed by atoms with E-state index >= 15 is 0 Å². The number of carbonyl (C=O) groups excluding carboxylic acids is 2. The van der Waals surface area contributed by atoms with E-state index in [0.717, 1.165) is 24.0 Å². The molecule has 1 aliphatic rings. The van der Waals surface area contributed by atoms with Gasteiger partial charge in [0, 0.05) is 38.6 Å². The van der Waals surface area contributed by atoms with Gasteiger partial charge in [-0.25, -0.2) is 9.78 Å². The van der Waals surface area contributed by atoms with E-state index in [-0.39, 0.29) is 11.8 Å². The van der Waals surface area contributed by atoms with Crippen molar-refractivity contribution in [2.24, 2.45) is 11.7 Å². The number of rotatable bonds is 5. The predicted octanol–water partition coefficient (Wildman–Crippen LogP) is 1.34. The number of hydrogen-bond donors (Lipinski definition) is 2. The lowest BCUT2D eigenvalue weighted by Crippen LogP contribution is -2.47. The van der Waals surface area contributed by atoms with Crippen molar-refractivity contribution in [1.82, 2.24) is 19.8 Å². The third-order valence-electron chi connectivity index (χ3n) is 4.59. The van der Waals surface area contributed by atoms with E-state index in [1.807, 2.05) is 29.0 Å². The molecule has 1 aromatic carbocycles. The molecule has 2 heterocycles. The number of piperidine rings is 1. The zero-order chi connectivity index (χ0) is 17.6.